The molecule has 2 atom stereocenters. The molecule has 0 spiro atoms. The quantitative estimate of drug-likeness (QED) is 0.653. The molecule has 1 aliphatic rings. The minimum Gasteiger partial charge on any atom is -0.464 e. The molecular formula is C18H22BrN5O. The van der Waals surface area contributed by atoms with E-state index in [1.807, 2.05) is 7.05 Å². The maximum absolute atomic E-state index is 6.10. The summed E-state index contributed by atoms with van der Waals surface area (Å²) in [6.45, 7) is 5.37. The number of fused-ring (bicyclic) bond motifs is 1. The third-order valence-corrected chi connectivity index (χ3v) is 5.61. The summed E-state index contributed by atoms with van der Waals surface area (Å²) in [5.41, 5.74) is 0.836. The van der Waals surface area contributed by atoms with Crippen LogP contribution in [0.15, 0.2) is 27.5 Å². The zero-order valence-corrected chi connectivity index (χ0v) is 16.3. The Labute approximate surface area is 155 Å². The van der Waals surface area contributed by atoms with Crippen LogP contribution in [-0.4, -0.2) is 26.3 Å². The van der Waals surface area contributed by atoms with Crippen molar-refractivity contribution in [1.82, 2.24) is 19.7 Å². The number of anilines is 1. The van der Waals surface area contributed by atoms with Crippen molar-refractivity contribution in [2.45, 2.75) is 39.2 Å². The van der Waals surface area contributed by atoms with Crippen LogP contribution in [0.1, 0.15) is 44.3 Å². The summed E-state index contributed by atoms with van der Waals surface area (Å²) in [6.07, 6.45) is 4.73. The van der Waals surface area contributed by atoms with Gasteiger partial charge in [0.25, 0.3) is 0 Å². The van der Waals surface area contributed by atoms with Crippen molar-refractivity contribution in [2.24, 2.45) is 13.0 Å². The fraction of sp³-hybridized carbons (Fsp3) is 0.500. The first-order chi connectivity index (χ1) is 12.1. The van der Waals surface area contributed by atoms with Gasteiger partial charge in [0.1, 0.15) is 28.3 Å². The third kappa shape index (κ3) is 2.84. The van der Waals surface area contributed by atoms with E-state index in [0.29, 0.717) is 5.92 Å². The minimum atomic E-state index is 0.189. The summed E-state index contributed by atoms with van der Waals surface area (Å²) in [5.74, 6) is 3.64. The van der Waals surface area contributed by atoms with Gasteiger partial charge >= 0.3 is 0 Å². The van der Waals surface area contributed by atoms with E-state index >= 15 is 0 Å². The lowest BCUT2D eigenvalue weighted by Gasteiger charge is -2.38. The van der Waals surface area contributed by atoms with E-state index in [0.717, 1.165) is 58.8 Å². The molecule has 25 heavy (non-hydrogen) atoms. The maximum Gasteiger partial charge on any atom is 0.164 e. The zero-order valence-electron chi connectivity index (χ0n) is 14.7. The summed E-state index contributed by atoms with van der Waals surface area (Å²) in [5, 5.41) is 5.42. The van der Waals surface area contributed by atoms with Gasteiger partial charge in [-0.2, -0.15) is 5.10 Å². The highest BCUT2D eigenvalue weighted by Crippen LogP contribution is 2.40. The molecule has 0 bridgehead atoms. The molecule has 2 unspecified atom stereocenters. The lowest BCUT2D eigenvalue weighted by Crippen LogP contribution is -2.36. The van der Waals surface area contributed by atoms with Crippen molar-refractivity contribution in [1.29, 1.82) is 0 Å². The summed E-state index contributed by atoms with van der Waals surface area (Å²) in [6, 6.07) is 4.39. The highest BCUT2D eigenvalue weighted by Gasteiger charge is 2.32. The van der Waals surface area contributed by atoms with E-state index in [9.17, 15) is 0 Å². The molecule has 4 heterocycles. The van der Waals surface area contributed by atoms with Crippen LogP contribution in [-0.2, 0) is 13.5 Å². The Morgan fingerprint density at radius 2 is 2.16 bits per heavy atom. The van der Waals surface area contributed by atoms with Crippen molar-refractivity contribution >= 4 is 32.8 Å². The molecule has 3 aromatic heterocycles. The normalized spacial score (nSPS) is 21.2. The van der Waals surface area contributed by atoms with Crippen LogP contribution in [0.3, 0.4) is 0 Å². The van der Waals surface area contributed by atoms with Crippen molar-refractivity contribution in [2.75, 3.05) is 11.4 Å². The van der Waals surface area contributed by atoms with E-state index in [4.69, 9.17) is 4.42 Å². The molecule has 7 heteroatoms. The minimum absolute atomic E-state index is 0.189. The average Bonchev–Trinajstić information content (AvgIpc) is 3.20. The van der Waals surface area contributed by atoms with Crippen molar-refractivity contribution in [3.8, 4) is 0 Å². The molecule has 6 nitrogen and oxygen atoms in total. The predicted molar refractivity (Wildman–Crippen MR) is 101 cm³/mol. The van der Waals surface area contributed by atoms with Crippen LogP contribution in [0.4, 0.5) is 5.82 Å². The number of hydrogen-bond donors (Lipinski definition) is 0. The summed E-state index contributed by atoms with van der Waals surface area (Å²) < 4.78 is 8.67. The van der Waals surface area contributed by atoms with Gasteiger partial charge < -0.3 is 9.32 Å². The molecule has 1 fully saturated rings. The second-order valence-electron chi connectivity index (χ2n) is 6.81. The number of nitrogens with zero attached hydrogens (tertiary/aromatic N) is 5. The van der Waals surface area contributed by atoms with Crippen LogP contribution in [0.5, 0.6) is 0 Å². The first-order valence-corrected chi connectivity index (χ1v) is 9.56. The molecule has 0 N–H and O–H groups in total. The zero-order chi connectivity index (χ0) is 17.6. The molecular weight excluding hydrogens is 382 g/mol. The van der Waals surface area contributed by atoms with Gasteiger partial charge in [0.15, 0.2) is 5.65 Å². The number of furan rings is 1. The largest absolute Gasteiger partial charge is 0.464 e. The molecule has 1 aliphatic heterocycles. The molecule has 0 aliphatic carbocycles. The molecule has 0 aromatic carbocycles. The lowest BCUT2D eigenvalue weighted by molar-refractivity contribution is 0.321. The molecule has 1 saturated heterocycles. The SMILES string of the molecule is CCc1ccc(C2CC(C)CCN2c2ncnc3c2c(Br)nn3C)o1. The summed E-state index contributed by atoms with van der Waals surface area (Å²) in [4.78, 5) is 11.4. The van der Waals surface area contributed by atoms with Crippen LogP contribution in [0.2, 0.25) is 0 Å². The van der Waals surface area contributed by atoms with Gasteiger partial charge in [0, 0.05) is 20.0 Å². The number of halogens is 1. The Morgan fingerprint density at radius 3 is 2.92 bits per heavy atom. The van der Waals surface area contributed by atoms with Gasteiger partial charge in [-0.05, 0) is 46.8 Å². The van der Waals surface area contributed by atoms with Crippen LogP contribution in [0.25, 0.3) is 11.0 Å². The first-order valence-electron chi connectivity index (χ1n) is 8.77. The second kappa shape index (κ2) is 6.44. The van der Waals surface area contributed by atoms with Crippen molar-refractivity contribution < 1.29 is 4.42 Å². The van der Waals surface area contributed by atoms with E-state index < -0.39 is 0 Å². The van der Waals surface area contributed by atoms with Crippen LogP contribution in [0, 0.1) is 5.92 Å². The Morgan fingerprint density at radius 1 is 1.32 bits per heavy atom. The monoisotopic (exact) mass is 403 g/mol. The van der Waals surface area contributed by atoms with Crippen LogP contribution >= 0.6 is 15.9 Å². The standard InChI is InChI=1S/C18H22BrN5O/c1-4-12-5-6-14(25-12)13-9-11(2)7-8-24(13)18-15-16(19)22-23(3)17(15)20-10-21-18/h5-6,10-11,13H,4,7-9H2,1-3H3. The van der Waals surface area contributed by atoms with Gasteiger partial charge in [-0.1, -0.05) is 13.8 Å². The fourth-order valence-electron chi connectivity index (χ4n) is 3.67. The maximum atomic E-state index is 6.10. The first kappa shape index (κ1) is 16.6. The van der Waals surface area contributed by atoms with Crippen LogP contribution < -0.4 is 4.90 Å². The fourth-order valence-corrected chi connectivity index (χ4v) is 4.26. The molecule has 4 rings (SSSR count). The molecule has 0 radical (unpaired) electrons. The van der Waals surface area contributed by atoms with E-state index in [2.05, 4.69) is 61.9 Å². The lowest BCUT2D eigenvalue weighted by atomic mass is 9.91. The number of hydrogen-bond acceptors (Lipinski definition) is 5. The van der Waals surface area contributed by atoms with E-state index in [1.165, 1.54) is 0 Å². The molecule has 132 valence electrons. The van der Waals surface area contributed by atoms with E-state index in [-0.39, 0.29) is 6.04 Å². The van der Waals surface area contributed by atoms with Gasteiger partial charge in [0.2, 0.25) is 0 Å². The van der Waals surface area contributed by atoms with Gasteiger partial charge in [0.05, 0.1) is 11.4 Å². The van der Waals surface area contributed by atoms with Crippen molar-refractivity contribution in [3.63, 3.8) is 0 Å². The van der Waals surface area contributed by atoms with Gasteiger partial charge in [-0.3, -0.25) is 0 Å². The molecule has 0 saturated carbocycles. The Kier molecular flexibility index (Phi) is 4.27. The number of aryl methyl sites for hydroxylation is 2. The van der Waals surface area contributed by atoms with Gasteiger partial charge in [-0.25, -0.2) is 14.6 Å². The second-order valence-corrected chi connectivity index (χ2v) is 7.56. The number of piperidine rings is 1. The Bertz CT molecular complexity index is 902. The highest BCUT2D eigenvalue weighted by molar-refractivity contribution is 9.10. The van der Waals surface area contributed by atoms with Gasteiger partial charge in [-0.15, -0.1) is 0 Å². The summed E-state index contributed by atoms with van der Waals surface area (Å²) >= 11 is 3.58. The number of rotatable bonds is 3. The number of aromatic nitrogens is 4. The highest BCUT2D eigenvalue weighted by atomic mass is 79.9. The smallest absolute Gasteiger partial charge is 0.164 e. The topological polar surface area (TPSA) is 60.0 Å². The average molecular weight is 404 g/mol. The summed E-state index contributed by atoms with van der Waals surface area (Å²) in [7, 11) is 1.90. The predicted octanol–water partition coefficient (Wildman–Crippen LogP) is 4.26. The van der Waals surface area contributed by atoms with Crippen molar-refractivity contribution in [3.05, 3.63) is 34.6 Å². The Hall–Kier alpha value is -1.89. The molecule has 0 amide bonds. The van der Waals surface area contributed by atoms with E-state index in [1.54, 1.807) is 11.0 Å². The Balaban J connectivity index is 1.82. The third-order valence-electron chi connectivity index (χ3n) is 5.05. The molecule has 3 aromatic rings.